The predicted octanol–water partition coefficient (Wildman–Crippen LogP) is 2.37. The van der Waals surface area contributed by atoms with Gasteiger partial charge in [0.2, 0.25) is 0 Å². The molecule has 1 unspecified atom stereocenters. The van der Waals surface area contributed by atoms with Crippen LogP contribution in [0.15, 0.2) is 23.3 Å². The van der Waals surface area contributed by atoms with Crippen LogP contribution in [-0.2, 0) is 22.5 Å². The van der Waals surface area contributed by atoms with Gasteiger partial charge in [0.1, 0.15) is 12.4 Å². The fourth-order valence-electron chi connectivity index (χ4n) is 5.99. The standard InChI is InChI=1S/C25H26FN3O4/c1-4-25(32)15-7-19-22-13(9-29(19)23(30)14(15)10-33-24(25)31)21-17(27-3)6-5-12-11(2)16(26)8-18(28-22)20(12)21/h7-8,17,23,27,30,32H,4-6,9-10H2,1-3H3/t17-,23?,25-/m0/s1. The van der Waals surface area contributed by atoms with Crippen LogP contribution >= 0.6 is 0 Å². The molecule has 0 fully saturated rings. The maximum atomic E-state index is 14.8. The summed E-state index contributed by atoms with van der Waals surface area (Å²) in [7, 11) is 1.92. The molecule has 0 amide bonds. The maximum absolute atomic E-state index is 14.8. The zero-order chi connectivity index (χ0) is 23.2. The van der Waals surface area contributed by atoms with Gasteiger partial charge in [-0.2, -0.15) is 0 Å². The van der Waals surface area contributed by atoms with E-state index in [2.05, 4.69) is 5.32 Å². The van der Waals surface area contributed by atoms with E-state index in [0.717, 1.165) is 34.9 Å². The van der Waals surface area contributed by atoms with Crippen molar-refractivity contribution in [1.82, 2.24) is 15.2 Å². The summed E-state index contributed by atoms with van der Waals surface area (Å²) < 4.78 is 20.0. The normalized spacial score (nSPS) is 27.9. The molecule has 0 bridgehead atoms. The second kappa shape index (κ2) is 6.85. The maximum Gasteiger partial charge on any atom is 0.343 e. The molecule has 1 aliphatic carbocycles. The highest BCUT2D eigenvalue weighted by Gasteiger charge is 2.50. The predicted molar refractivity (Wildman–Crippen MR) is 119 cm³/mol. The Hall–Kier alpha value is -2.81. The topological polar surface area (TPSA) is 94.9 Å². The summed E-state index contributed by atoms with van der Waals surface area (Å²) >= 11 is 0. The number of halogens is 1. The van der Waals surface area contributed by atoms with E-state index in [4.69, 9.17) is 9.72 Å². The van der Waals surface area contributed by atoms with Gasteiger partial charge in [-0.1, -0.05) is 6.92 Å². The van der Waals surface area contributed by atoms with Gasteiger partial charge in [-0.3, -0.25) is 0 Å². The van der Waals surface area contributed by atoms with E-state index >= 15 is 0 Å². The van der Waals surface area contributed by atoms with Crippen molar-refractivity contribution >= 4 is 22.6 Å². The molecule has 3 aliphatic heterocycles. The second-order valence-electron chi connectivity index (χ2n) is 9.35. The minimum absolute atomic E-state index is 0.0653. The molecule has 7 nitrogen and oxygen atoms in total. The lowest BCUT2D eigenvalue weighted by Gasteiger charge is -2.40. The fourth-order valence-corrected chi connectivity index (χ4v) is 5.99. The Morgan fingerprint density at radius 2 is 2.18 bits per heavy atom. The van der Waals surface area contributed by atoms with Crippen LogP contribution < -0.4 is 5.32 Å². The van der Waals surface area contributed by atoms with E-state index in [1.54, 1.807) is 13.0 Å². The van der Waals surface area contributed by atoms with Gasteiger partial charge >= 0.3 is 5.97 Å². The number of nitrogens with zero attached hydrogens (tertiary/aromatic N) is 2. The van der Waals surface area contributed by atoms with Crippen molar-refractivity contribution in [2.75, 3.05) is 13.7 Å². The molecular weight excluding hydrogens is 425 g/mol. The molecule has 33 heavy (non-hydrogen) atoms. The van der Waals surface area contributed by atoms with Crippen molar-refractivity contribution in [2.24, 2.45) is 0 Å². The van der Waals surface area contributed by atoms with Crippen LogP contribution in [0, 0.1) is 12.7 Å². The number of cyclic esters (lactones) is 1. The Morgan fingerprint density at radius 1 is 1.39 bits per heavy atom. The van der Waals surface area contributed by atoms with Gasteiger partial charge in [0.05, 0.1) is 16.9 Å². The van der Waals surface area contributed by atoms with Gasteiger partial charge in [-0.05, 0) is 56.0 Å². The van der Waals surface area contributed by atoms with Crippen molar-refractivity contribution in [3.63, 3.8) is 0 Å². The number of esters is 1. The molecule has 2 aromatic rings. The number of carbonyl (C=O) groups is 1. The number of hydrogen-bond acceptors (Lipinski definition) is 7. The fraction of sp³-hybridized carbons (Fsp3) is 0.440. The number of benzene rings is 1. The molecule has 0 saturated heterocycles. The number of hydrogen-bond donors (Lipinski definition) is 3. The van der Waals surface area contributed by atoms with E-state index in [0.29, 0.717) is 40.2 Å². The van der Waals surface area contributed by atoms with Crippen LogP contribution in [0.5, 0.6) is 0 Å². The highest BCUT2D eigenvalue weighted by molar-refractivity contribution is 5.94. The molecule has 1 aromatic heterocycles. The summed E-state index contributed by atoms with van der Waals surface area (Å²) in [6.45, 7) is 3.89. The van der Waals surface area contributed by atoms with Crippen molar-refractivity contribution in [3.8, 4) is 0 Å². The van der Waals surface area contributed by atoms with Crippen LogP contribution in [0.1, 0.15) is 53.8 Å². The Morgan fingerprint density at radius 3 is 2.91 bits per heavy atom. The second-order valence-corrected chi connectivity index (χ2v) is 9.35. The number of aliphatic hydroxyl groups is 2. The lowest BCUT2D eigenvalue weighted by molar-refractivity contribution is -0.164. The Kier molecular flexibility index (Phi) is 4.31. The van der Waals surface area contributed by atoms with Crippen LogP contribution in [0.2, 0.25) is 0 Å². The third-order valence-electron chi connectivity index (χ3n) is 7.89. The summed E-state index contributed by atoms with van der Waals surface area (Å²) in [5, 5.41) is 26.8. The van der Waals surface area contributed by atoms with Gasteiger partial charge in [0.15, 0.2) is 11.8 Å². The molecule has 0 spiro atoms. The summed E-state index contributed by atoms with van der Waals surface area (Å²) in [6.07, 6.45) is 2.44. The van der Waals surface area contributed by atoms with E-state index in [9.17, 15) is 19.4 Å². The molecule has 6 rings (SSSR count). The average Bonchev–Trinajstić information content (AvgIpc) is 3.18. The number of carbonyl (C=O) groups excluding carboxylic acids is 1. The summed E-state index contributed by atoms with van der Waals surface area (Å²) in [5.74, 6) is -0.981. The highest BCUT2D eigenvalue weighted by atomic mass is 19.1. The molecule has 3 atom stereocenters. The smallest absolute Gasteiger partial charge is 0.343 e. The van der Waals surface area contributed by atoms with Gasteiger partial charge in [0, 0.05) is 40.7 Å². The number of rotatable bonds is 2. The monoisotopic (exact) mass is 451 g/mol. The van der Waals surface area contributed by atoms with Crippen LogP contribution in [0.25, 0.3) is 16.6 Å². The lowest BCUT2D eigenvalue weighted by Crippen LogP contribution is -2.50. The molecule has 0 saturated carbocycles. The Labute approximate surface area is 190 Å². The number of aromatic nitrogens is 1. The highest BCUT2D eigenvalue weighted by Crippen LogP contribution is 2.49. The van der Waals surface area contributed by atoms with E-state index < -0.39 is 17.8 Å². The first-order valence-corrected chi connectivity index (χ1v) is 11.4. The van der Waals surface area contributed by atoms with Crippen LogP contribution in [-0.4, -0.2) is 51.5 Å². The number of pyridine rings is 1. The zero-order valence-corrected chi connectivity index (χ0v) is 18.8. The molecule has 172 valence electrons. The van der Waals surface area contributed by atoms with Gasteiger partial charge in [0.25, 0.3) is 0 Å². The summed E-state index contributed by atoms with van der Waals surface area (Å²) in [4.78, 5) is 19.1. The van der Waals surface area contributed by atoms with Crippen molar-refractivity contribution < 1.29 is 24.1 Å². The number of aryl methyl sites for hydroxylation is 1. The average molecular weight is 451 g/mol. The molecule has 3 N–H and O–H groups in total. The number of fused-ring (bicyclic) bond motifs is 4. The van der Waals surface area contributed by atoms with Crippen molar-refractivity contribution in [2.45, 2.75) is 57.5 Å². The molecule has 4 heterocycles. The quantitative estimate of drug-likeness (QED) is 0.604. The Balaban J connectivity index is 1.64. The SMILES string of the molecule is CC[C@@]1(O)C(=O)OCC2=C1C=C1c3nc4cc(F)c(C)c5c4c(c3CN1C2O)[C@@H](NC)CC5. The van der Waals surface area contributed by atoms with E-state index in [1.807, 2.05) is 18.9 Å². The molecule has 0 radical (unpaired) electrons. The van der Waals surface area contributed by atoms with E-state index in [-0.39, 0.29) is 24.9 Å². The molecule has 1 aromatic carbocycles. The van der Waals surface area contributed by atoms with E-state index in [1.165, 1.54) is 6.07 Å². The number of ether oxygens (including phenoxy) is 1. The molecule has 4 aliphatic rings. The van der Waals surface area contributed by atoms with Gasteiger partial charge in [-0.15, -0.1) is 0 Å². The first-order chi connectivity index (χ1) is 15.8. The van der Waals surface area contributed by atoms with Crippen molar-refractivity contribution in [3.05, 3.63) is 57.1 Å². The number of aliphatic hydroxyl groups excluding tert-OH is 1. The van der Waals surface area contributed by atoms with Crippen molar-refractivity contribution in [1.29, 1.82) is 0 Å². The summed E-state index contributed by atoms with van der Waals surface area (Å²) in [6, 6.07) is 1.57. The first-order valence-electron chi connectivity index (χ1n) is 11.4. The lowest BCUT2D eigenvalue weighted by atomic mass is 9.81. The van der Waals surface area contributed by atoms with Gasteiger partial charge < -0.3 is 25.2 Å². The third-order valence-corrected chi connectivity index (χ3v) is 7.89. The number of nitrogens with one attached hydrogen (secondary N) is 1. The Bertz CT molecular complexity index is 1320. The molecule has 8 heteroatoms. The minimum atomic E-state index is -1.81. The third kappa shape index (κ3) is 2.54. The van der Waals surface area contributed by atoms with Crippen LogP contribution in [0.3, 0.4) is 0 Å². The first kappa shape index (κ1) is 20.8. The van der Waals surface area contributed by atoms with Gasteiger partial charge in [-0.25, -0.2) is 14.2 Å². The largest absolute Gasteiger partial charge is 0.459 e. The minimum Gasteiger partial charge on any atom is -0.459 e. The molecular formula is C25H26FN3O4. The van der Waals surface area contributed by atoms with Crippen LogP contribution in [0.4, 0.5) is 4.39 Å². The summed E-state index contributed by atoms with van der Waals surface area (Å²) in [5.41, 5.74) is 4.69. The zero-order valence-electron chi connectivity index (χ0n) is 18.8.